The zero-order valence-corrected chi connectivity index (χ0v) is 19.0. The number of hydrogen-bond donors (Lipinski definition) is 2. The molecule has 3 aromatic carbocycles. The van der Waals surface area contributed by atoms with Crippen LogP contribution in [0.4, 0.5) is 10.1 Å². The Morgan fingerprint density at radius 1 is 1.03 bits per heavy atom. The van der Waals surface area contributed by atoms with Crippen molar-refractivity contribution in [1.29, 1.82) is 0 Å². The SMILES string of the molecule is O=C1N(C2CCN(C3Cc4cccc5cccc3c45)CC2)c2ccccc2C1(F)CC(O)CO. The number of para-hydroxylation sites is 1. The normalized spacial score (nSPS) is 25.8. The van der Waals surface area contributed by atoms with Crippen LogP contribution in [0, 0.1) is 0 Å². The molecule has 2 aliphatic heterocycles. The van der Waals surface area contributed by atoms with Crippen LogP contribution < -0.4 is 4.90 Å². The molecule has 0 saturated carbocycles. The molecule has 0 bridgehead atoms. The van der Waals surface area contributed by atoms with Gasteiger partial charge in [-0.1, -0.05) is 54.6 Å². The fourth-order valence-corrected chi connectivity index (χ4v) is 6.38. The van der Waals surface area contributed by atoms with Gasteiger partial charge >= 0.3 is 0 Å². The van der Waals surface area contributed by atoms with Gasteiger partial charge < -0.3 is 15.1 Å². The van der Waals surface area contributed by atoms with Gasteiger partial charge in [-0.3, -0.25) is 9.69 Å². The van der Waals surface area contributed by atoms with E-state index < -0.39 is 30.7 Å². The van der Waals surface area contributed by atoms with Gasteiger partial charge in [0, 0.05) is 37.2 Å². The van der Waals surface area contributed by atoms with Crippen molar-refractivity contribution < 1.29 is 19.4 Å². The molecule has 6 rings (SSSR count). The number of likely N-dealkylation sites (tertiary alicyclic amines) is 1. The summed E-state index contributed by atoms with van der Waals surface area (Å²) in [6, 6.07) is 20.3. The molecule has 2 heterocycles. The highest BCUT2D eigenvalue weighted by molar-refractivity contribution is 6.07. The lowest BCUT2D eigenvalue weighted by molar-refractivity contribution is -0.132. The molecule has 3 aliphatic rings. The number of alkyl halides is 1. The van der Waals surface area contributed by atoms with Gasteiger partial charge in [-0.05, 0) is 47.2 Å². The second kappa shape index (κ2) is 8.15. The van der Waals surface area contributed by atoms with Crippen molar-refractivity contribution in [3.05, 3.63) is 77.4 Å². The van der Waals surface area contributed by atoms with Gasteiger partial charge in [0.05, 0.1) is 18.4 Å². The number of benzene rings is 3. The third-order valence-corrected chi connectivity index (χ3v) is 7.98. The van der Waals surface area contributed by atoms with Crippen molar-refractivity contribution in [3.8, 4) is 0 Å². The van der Waals surface area contributed by atoms with Crippen LogP contribution in [-0.4, -0.2) is 52.9 Å². The highest BCUT2D eigenvalue weighted by atomic mass is 19.1. The number of aliphatic hydroxyl groups is 2. The Kier molecular flexibility index (Phi) is 5.21. The van der Waals surface area contributed by atoms with Gasteiger partial charge in [-0.2, -0.15) is 0 Å². The van der Waals surface area contributed by atoms with Crippen molar-refractivity contribution in [1.82, 2.24) is 4.90 Å². The smallest absolute Gasteiger partial charge is 0.269 e. The first-order chi connectivity index (χ1) is 16.5. The van der Waals surface area contributed by atoms with Crippen LogP contribution in [0.5, 0.6) is 0 Å². The molecule has 1 amide bonds. The van der Waals surface area contributed by atoms with Crippen molar-refractivity contribution in [2.24, 2.45) is 0 Å². The summed E-state index contributed by atoms with van der Waals surface area (Å²) in [5.41, 5.74) is 1.37. The molecule has 3 aromatic rings. The van der Waals surface area contributed by atoms with Gasteiger partial charge in [-0.15, -0.1) is 0 Å². The summed E-state index contributed by atoms with van der Waals surface area (Å²) in [5.74, 6) is -0.613. The molecule has 34 heavy (non-hydrogen) atoms. The first-order valence-corrected chi connectivity index (χ1v) is 12.2. The van der Waals surface area contributed by atoms with Gasteiger partial charge in [0.15, 0.2) is 0 Å². The number of aliphatic hydroxyl groups excluding tert-OH is 2. The van der Waals surface area contributed by atoms with Gasteiger partial charge in [0.25, 0.3) is 5.91 Å². The van der Waals surface area contributed by atoms with Crippen LogP contribution in [0.1, 0.15) is 42.0 Å². The average molecular weight is 461 g/mol. The van der Waals surface area contributed by atoms with Crippen LogP contribution in [0.2, 0.25) is 0 Å². The van der Waals surface area contributed by atoms with E-state index in [9.17, 15) is 15.0 Å². The molecule has 1 aliphatic carbocycles. The molecule has 0 aromatic heterocycles. The Morgan fingerprint density at radius 2 is 1.76 bits per heavy atom. The highest BCUT2D eigenvalue weighted by Crippen LogP contribution is 2.48. The number of carbonyl (C=O) groups is 1. The number of fused-ring (bicyclic) bond motifs is 1. The summed E-state index contributed by atoms with van der Waals surface area (Å²) in [4.78, 5) is 17.5. The summed E-state index contributed by atoms with van der Waals surface area (Å²) in [6.07, 6.45) is 0.817. The molecule has 176 valence electrons. The topological polar surface area (TPSA) is 64.0 Å². The number of rotatable bonds is 5. The molecule has 0 spiro atoms. The van der Waals surface area contributed by atoms with Gasteiger partial charge in [0.1, 0.15) is 0 Å². The third kappa shape index (κ3) is 3.20. The van der Waals surface area contributed by atoms with E-state index in [0.717, 1.165) is 32.4 Å². The molecule has 5 nitrogen and oxygen atoms in total. The van der Waals surface area contributed by atoms with Crippen LogP contribution in [0.15, 0.2) is 60.7 Å². The number of carbonyl (C=O) groups excluding carboxylic acids is 1. The molecule has 2 N–H and O–H groups in total. The van der Waals surface area contributed by atoms with E-state index in [1.807, 2.05) is 6.07 Å². The number of anilines is 1. The summed E-state index contributed by atoms with van der Waals surface area (Å²) in [6.45, 7) is 1.10. The average Bonchev–Trinajstić information content (AvgIpc) is 3.34. The quantitative estimate of drug-likeness (QED) is 0.607. The second-order valence-electron chi connectivity index (χ2n) is 9.88. The number of piperidine rings is 1. The van der Waals surface area contributed by atoms with E-state index in [-0.39, 0.29) is 6.04 Å². The summed E-state index contributed by atoms with van der Waals surface area (Å²) in [5, 5.41) is 21.9. The third-order valence-electron chi connectivity index (χ3n) is 7.98. The second-order valence-corrected chi connectivity index (χ2v) is 9.88. The van der Waals surface area contributed by atoms with E-state index >= 15 is 4.39 Å². The van der Waals surface area contributed by atoms with Gasteiger partial charge in [0.2, 0.25) is 5.67 Å². The molecule has 0 radical (unpaired) electrons. The zero-order valence-electron chi connectivity index (χ0n) is 19.0. The van der Waals surface area contributed by atoms with E-state index in [4.69, 9.17) is 0 Å². The molecular formula is C28H29FN2O3. The minimum Gasteiger partial charge on any atom is -0.394 e. The zero-order chi connectivity index (χ0) is 23.4. The summed E-state index contributed by atoms with van der Waals surface area (Å²) < 4.78 is 16.1. The van der Waals surface area contributed by atoms with Crippen LogP contribution >= 0.6 is 0 Å². The Morgan fingerprint density at radius 3 is 2.53 bits per heavy atom. The maximum Gasteiger partial charge on any atom is 0.269 e. The predicted octanol–water partition coefficient (Wildman–Crippen LogP) is 3.86. The lowest BCUT2D eigenvalue weighted by Gasteiger charge is -2.40. The first kappa shape index (κ1) is 21.7. The Bertz CT molecular complexity index is 1250. The number of nitrogens with zero attached hydrogens (tertiary/aromatic N) is 2. The predicted molar refractivity (Wildman–Crippen MR) is 129 cm³/mol. The Balaban J connectivity index is 1.23. The lowest BCUT2D eigenvalue weighted by Crippen LogP contribution is -2.50. The van der Waals surface area contributed by atoms with E-state index in [2.05, 4.69) is 41.3 Å². The number of hydrogen-bond acceptors (Lipinski definition) is 4. The fraction of sp³-hybridized carbons (Fsp3) is 0.393. The summed E-state index contributed by atoms with van der Waals surface area (Å²) in [7, 11) is 0. The fourth-order valence-electron chi connectivity index (χ4n) is 6.38. The van der Waals surface area contributed by atoms with Crippen LogP contribution in [-0.2, 0) is 16.9 Å². The first-order valence-electron chi connectivity index (χ1n) is 12.2. The largest absolute Gasteiger partial charge is 0.394 e. The molecular weight excluding hydrogens is 431 g/mol. The number of halogens is 1. The van der Waals surface area contributed by atoms with Gasteiger partial charge in [-0.25, -0.2) is 4.39 Å². The van der Waals surface area contributed by atoms with Crippen molar-refractivity contribution in [2.75, 3.05) is 24.6 Å². The van der Waals surface area contributed by atoms with Crippen molar-refractivity contribution in [2.45, 2.75) is 49.5 Å². The Labute approximate surface area is 198 Å². The molecule has 6 heteroatoms. The summed E-state index contributed by atoms with van der Waals surface area (Å²) >= 11 is 0. The van der Waals surface area contributed by atoms with Crippen molar-refractivity contribution in [3.63, 3.8) is 0 Å². The van der Waals surface area contributed by atoms with E-state index in [1.54, 1.807) is 23.1 Å². The Hall–Kier alpha value is -2.80. The number of amides is 1. The molecule has 3 unspecified atom stereocenters. The maximum absolute atomic E-state index is 16.1. The van der Waals surface area contributed by atoms with E-state index in [0.29, 0.717) is 17.3 Å². The van der Waals surface area contributed by atoms with Crippen LogP contribution in [0.25, 0.3) is 10.8 Å². The monoisotopic (exact) mass is 460 g/mol. The molecule has 1 fully saturated rings. The molecule has 3 atom stereocenters. The lowest BCUT2D eigenvalue weighted by atomic mass is 9.91. The van der Waals surface area contributed by atoms with E-state index in [1.165, 1.54) is 21.9 Å². The minimum atomic E-state index is -2.31. The van der Waals surface area contributed by atoms with Crippen molar-refractivity contribution >= 4 is 22.4 Å². The van der Waals surface area contributed by atoms with Crippen LogP contribution in [0.3, 0.4) is 0 Å². The minimum absolute atomic E-state index is 0.0895. The standard InChI is InChI=1S/C28H29FN2O3/c29-28(16-21(33)17-32)23-9-1-2-10-24(23)31(27(28)34)20-11-13-30(14-12-20)25-15-19-7-3-5-18-6-4-8-22(25)26(18)19/h1-10,20-21,25,32-33H,11-17H2. The maximum atomic E-state index is 16.1. The molecule has 1 saturated heterocycles. The highest BCUT2D eigenvalue weighted by Gasteiger charge is 2.54.